The van der Waals surface area contributed by atoms with Crippen LogP contribution in [0.1, 0.15) is 41.2 Å². The fourth-order valence-electron chi connectivity index (χ4n) is 3.54. The zero-order chi connectivity index (χ0) is 25.7. The number of aryl methyl sites for hydroxylation is 2. The normalized spacial score (nSPS) is 11.7. The van der Waals surface area contributed by atoms with Gasteiger partial charge in [-0.1, -0.05) is 47.2 Å². The van der Waals surface area contributed by atoms with Crippen LogP contribution in [-0.4, -0.2) is 31.7 Å². The molecule has 2 N–H and O–H groups in total. The number of hydrogen-bond donors (Lipinski definition) is 2. The molecule has 0 spiro atoms. The number of carbonyl (C=O) groups excluding carboxylic acids is 2. The summed E-state index contributed by atoms with van der Waals surface area (Å²) in [6, 6.07) is 23.2. The van der Waals surface area contributed by atoms with Crippen molar-refractivity contribution in [2.75, 3.05) is 10.6 Å². The highest BCUT2D eigenvalue weighted by atomic mass is 32.2. The lowest BCUT2D eigenvalue weighted by Crippen LogP contribution is -2.23. The number of thioether (sulfide) groups is 1. The van der Waals surface area contributed by atoms with E-state index >= 15 is 0 Å². The molecule has 4 rings (SSSR count). The highest BCUT2D eigenvalue weighted by Crippen LogP contribution is 2.27. The van der Waals surface area contributed by atoms with E-state index in [-0.39, 0.29) is 11.7 Å². The first kappa shape index (κ1) is 25.2. The summed E-state index contributed by atoms with van der Waals surface area (Å²) in [6.45, 7) is 7.93. The van der Waals surface area contributed by atoms with Gasteiger partial charge in [-0.25, -0.2) is 0 Å². The molecule has 0 aliphatic heterocycles. The number of Topliss-reactive ketones (excluding diaryl/α,β-unsaturated/α-hetero) is 1. The Morgan fingerprint density at radius 3 is 2.06 bits per heavy atom. The molecule has 3 aromatic carbocycles. The molecule has 1 unspecified atom stereocenters. The van der Waals surface area contributed by atoms with Crippen molar-refractivity contribution in [3.05, 3.63) is 95.3 Å². The van der Waals surface area contributed by atoms with Crippen molar-refractivity contribution in [2.45, 2.75) is 44.6 Å². The summed E-state index contributed by atoms with van der Waals surface area (Å²) in [6.07, 6.45) is 0. The monoisotopic (exact) mass is 499 g/mol. The number of anilines is 2. The van der Waals surface area contributed by atoms with Crippen LogP contribution in [0.2, 0.25) is 0 Å². The van der Waals surface area contributed by atoms with Gasteiger partial charge in [0.25, 0.3) is 0 Å². The van der Waals surface area contributed by atoms with Gasteiger partial charge in [-0.05, 0) is 76.2 Å². The molecule has 1 atom stereocenters. The van der Waals surface area contributed by atoms with E-state index in [2.05, 4.69) is 39.9 Å². The fourth-order valence-corrected chi connectivity index (χ4v) is 4.43. The van der Waals surface area contributed by atoms with Crippen molar-refractivity contribution in [1.82, 2.24) is 14.8 Å². The van der Waals surface area contributed by atoms with E-state index in [1.807, 2.05) is 54.8 Å². The number of amides is 1. The molecular weight excluding hydrogens is 470 g/mol. The van der Waals surface area contributed by atoms with Crippen molar-refractivity contribution in [3.63, 3.8) is 0 Å². The Labute approximate surface area is 215 Å². The summed E-state index contributed by atoms with van der Waals surface area (Å²) in [5, 5.41) is 15.4. The molecule has 1 heterocycles. The summed E-state index contributed by atoms with van der Waals surface area (Å²) in [7, 11) is 0. The average Bonchev–Trinajstić information content (AvgIpc) is 3.26. The molecule has 1 amide bonds. The Bertz CT molecular complexity index is 1350. The van der Waals surface area contributed by atoms with Gasteiger partial charge < -0.3 is 10.6 Å². The van der Waals surface area contributed by atoms with Crippen LogP contribution >= 0.6 is 11.8 Å². The number of rotatable bonds is 9. The van der Waals surface area contributed by atoms with Gasteiger partial charge in [-0.3, -0.25) is 14.2 Å². The molecule has 0 radical (unpaired) electrons. The maximum atomic E-state index is 12.9. The number of carbonyl (C=O) groups is 2. The van der Waals surface area contributed by atoms with Crippen molar-refractivity contribution in [1.29, 1.82) is 0 Å². The average molecular weight is 500 g/mol. The van der Waals surface area contributed by atoms with Crippen LogP contribution in [0.4, 0.5) is 11.4 Å². The molecule has 36 heavy (non-hydrogen) atoms. The molecular formula is C28H29N5O2S. The van der Waals surface area contributed by atoms with E-state index in [1.165, 1.54) is 24.2 Å². The van der Waals surface area contributed by atoms with Crippen LogP contribution in [0.3, 0.4) is 0 Å². The van der Waals surface area contributed by atoms with Crippen LogP contribution in [0.25, 0.3) is 5.69 Å². The molecule has 1 aromatic heterocycles. The molecule has 4 aromatic rings. The van der Waals surface area contributed by atoms with E-state index in [4.69, 9.17) is 0 Å². The minimum absolute atomic E-state index is 0.0140. The van der Waals surface area contributed by atoms with E-state index in [9.17, 15) is 9.59 Å². The second kappa shape index (κ2) is 11.2. The Morgan fingerprint density at radius 2 is 1.44 bits per heavy atom. The minimum atomic E-state index is -0.427. The first-order valence-corrected chi connectivity index (χ1v) is 12.6. The Kier molecular flexibility index (Phi) is 7.85. The highest BCUT2D eigenvalue weighted by Gasteiger charge is 2.21. The highest BCUT2D eigenvalue weighted by molar-refractivity contribution is 8.00. The van der Waals surface area contributed by atoms with Gasteiger partial charge in [-0.15, -0.1) is 10.2 Å². The number of nitrogens with zero attached hydrogens (tertiary/aromatic N) is 3. The Hall–Kier alpha value is -3.91. The van der Waals surface area contributed by atoms with Gasteiger partial charge in [-0.2, -0.15) is 0 Å². The minimum Gasteiger partial charge on any atom is -0.378 e. The van der Waals surface area contributed by atoms with Crippen LogP contribution in [0, 0.1) is 13.8 Å². The second-order valence-corrected chi connectivity index (χ2v) is 9.98. The Morgan fingerprint density at radius 1 is 0.861 bits per heavy atom. The third-order valence-electron chi connectivity index (χ3n) is 5.71. The third-order valence-corrected chi connectivity index (χ3v) is 6.75. The maximum absolute atomic E-state index is 12.9. The van der Waals surface area contributed by atoms with Gasteiger partial charge in [0.2, 0.25) is 5.91 Å². The molecule has 0 aliphatic carbocycles. The summed E-state index contributed by atoms with van der Waals surface area (Å²) < 4.78 is 1.98. The van der Waals surface area contributed by atoms with Crippen LogP contribution < -0.4 is 10.6 Å². The second-order valence-electron chi connectivity index (χ2n) is 8.67. The van der Waals surface area contributed by atoms with E-state index in [1.54, 1.807) is 24.3 Å². The number of nitrogens with one attached hydrogen (secondary N) is 2. The lowest BCUT2D eigenvalue weighted by Gasteiger charge is -2.15. The van der Waals surface area contributed by atoms with Crippen LogP contribution in [-0.2, 0) is 11.3 Å². The quantitative estimate of drug-likeness (QED) is 0.223. The number of hydrogen-bond acceptors (Lipinski definition) is 6. The third kappa shape index (κ3) is 6.20. The molecule has 0 aliphatic rings. The largest absolute Gasteiger partial charge is 0.378 e. The van der Waals surface area contributed by atoms with E-state index in [0.29, 0.717) is 23.0 Å². The zero-order valence-corrected chi connectivity index (χ0v) is 21.6. The van der Waals surface area contributed by atoms with Gasteiger partial charge in [0.1, 0.15) is 0 Å². The van der Waals surface area contributed by atoms with Crippen molar-refractivity contribution in [3.8, 4) is 5.69 Å². The van der Waals surface area contributed by atoms with Crippen LogP contribution in [0.5, 0.6) is 0 Å². The molecule has 7 nitrogen and oxygen atoms in total. The van der Waals surface area contributed by atoms with Crippen LogP contribution in [0.15, 0.2) is 78.0 Å². The molecule has 0 bridgehead atoms. The zero-order valence-electron chi connectivity index (χ0n) is 20.8. The summed E-state index contributed by atoms with van der Waals surface area (Å²) >= 11 is 1.34. The smallest absolute Gasteiger partial charge is 0.237 e. The summed E-state index contributed by atoms with van der Waals surface area (Å²) in [4.78, 5) is 24.4. The molecule has 8 heteroatoms. The lowest BCUT2D eigenvalue weighted by atomic mass is 10.1. The first-order chi connectivity index (χ1) is 17.3. The van der Waals surface area contributed by atoms with Crippen molar-refractivity contribution in [2.24, 2.45) is 0 Å². The molecule has 184 valence electrons. The van der Waals surface area contributed by atoms with Gasteiger partial charge >= 0.3 is 0 Å². The maximum Gasteiger partial charge on any atom is 0.237 e. The fraction of sp³-hybridized carbons (Fsp3) is 0.214. The topological polar surface area (TPSA) is 88.9 Å². The predicted molar refractivity (Wildman–Crippen MR) is 145 cm³/mol. The summed E-state index contributed by atoms with van der Waals surface area (Å²) in [5.74, 6) is 0.572. The van der Waals surface area contributed by atoms with Crippen molar-refractivity contribution >= 4 is 34.8 Å². The lowest BCUT2D eigenvalue weighted by molar-refractivity contribution is -0.115. The van der Waals surface area contributed by atoms with Gasteiger partial charge in [0.15, 0.2) is 16.8 Å². The number of aromatic nitrogens is 3. The number of ketones is 1. The first-order valence-electron chi connectivity index (χ1n) is 11.7. The number of benzene rings is 3. The molecule has 0 fully saturated rings. The predicted octanol–water partition coefficient (Wildman–Crippen LogP) is 5.82. The summed E-state index contributed by atoms with van der Waals surface area (Å²) in [5.41, 5.74) is 5.53. The van der Waals surface area contributed by atoms with Gasteiger partial charge in [0.05, 0.1) is 11.8 Å². The van der Waals surface area contributed by atoms with E-state index < -0.39 is 5.25 Å². The van der Waals surface area contributed by atoms with Crippen molar-refractivity contribution < 1.29 is 9.59 Å². The SMILES string of the molecule is CC(=O)c1ccc(NC(=O)C(C)Sc2nnc(CNc3ccc(C)cc3)n2-c2ccc(C)cc2)cc1. The Balaban J connectivity index is 1.52. The van der Waals surface area contributed by atoms with E-state index in [0.717, 1.165) is 22.8 Å². The van der Waals surface area contributed by atoms with Gasteiger partial charge in [0, 0.05) is 22.6 Å². The molecule has 0 saturated heterocycles. The molecule has 0 saturated carbocycles. The standard InChI is InChI=1S/C28H29N5O2S/c1-18-5-11-23(12-6-18)29-17-26-31-32-28(33(26)25-15-7-19(2)8-16-25)36-21(4)27(35)30-24-13-9-22(10-14-24)20(3)34/h5-16,21,29H,17H2,1-4H3,(H,30,35).